The zero-order valence-corrected chi connectivity index (χ0v) is 16.4. The monoisotopic (exact) mass is 347 g/mol. The molecule has 1 N–H and O–H groups in total. The van der Waals surface area contributed by atoms with Crippen LogP contribution in [0.5, 0.6) is 0 Å². The van der Waals surface area contributed by atoms with Crippen molar-refractivity contribution in [3.8, 4) is 0 Å². The summed E-state index contributed by atoms with van der Waals surface area (Å²) < 4.78 is 0. The molecular weight excluding hydrogens is 306 g/mol. The smallest absolute Gasteiger partial charge is 0.223 e. The van der Waals surface area contributed by atoms with Gasteiger partial charge in [0, 0.05) is 12.0 Å². The molecule has 0 aromatic carbocycles. The Hall–Kier alpha value is -0.530. The van der Waals surface area contributed by atoms with Crippen molar-refractivity contribution in [2.45, 2.75) is 122 Å². The van der Waals surface area contributed by atoms with E-state index in [1.54, 1.807) is 0 Å². The second kappa shape index (κ2) is 10.6. The molecule has 3 aliphatic rings. The van der Waals surface area contributed by atoms with E-state index in [4.69, 9.17) is 0 Å². The number of rotatable bonds is 3. The fraction of sp³-hybridized carbons (Fsp3) is 0.957. The first-order valence-electron chi connectivity index (χ1n) is 11.6. The van der Waals surface area contributed by atoms with Gasteiger partial charge in [-0.15, -0.1) is 0 Å². The first-order valence-corrected chi connectivity index (χ1v) is 11.6. The van der Waals surface area contributed by atoms with E-state index in [9.17, 15) is 4.79 Å². The van der Waals surface area contributed by atoms with Crippen LogP contribution in [-0.2, 0) is 4.79 Å². The fourth-order valence-corrected chi connectivity index (χ4v) is 5.80. The van der Waals surface area contributed by atoms with Crippen molar-refractivity contribution in [2.24, 2.45) is 17.8 Å². The lowest BCUT2D eigenvalue weighted by Gasteiger charge is -2.31. The molecule has 0 saturated heterocycles. The highest BCUT2D eigenvalue weighted by Gasteiger charge is 2.26. The quantitative estimate of drug-likeness (QED) is 0.589. The Kier molecular flexibility index (Phi) is 8.14. The lowest BCUT2D eigenvalue weighted by Crippen LogP contribution is -2.39. The number of nitrogens with one attached hydrogen (secondary N) is 1. The number of hydrogen-bond donors (Lipinski definition) is 1. The van der Waals surface area contributed by atoms with Gasteiger partial charge in [0.05, 0.1) is 0 Å². The van der Waals surface area contributed by atoms with Crippen molar-refractivity contribution in [3.63, 3.8) is 0 Å². The Morgan fingerprint density at radius 2 is 0.960 bits per heavy atom. The summed E-state index contributed by atoms with van der Waals surface area (Å²) in [5, 5.41) is 3.45. The number of carbonyl (C=O) groups is 1. The van der Waals surface area contributed by atoms with Crippen molar-refractivity contribution >= 4 is 5.91 Å². The maximum absolute atomic E-state index is 12.7. The minimum Gasteiger partial charge on any atom is -0.353 e. The van der Waals surface area contributed by atoms with E-state index in [1.807, 2.05) is 0 Å². The van der Waals surface area contributed by atoms with Gasteiger partial charge in [0.1, 0.15) is 0 Å². The van der Waals surface area contributed by atoms with Gasteiger partial charge in [0.15, 0.2) is 0 Å². The van der Waals surface area contributed by atoms with Crippen LogP contribution in [0.3, 0.4) is 0 Å². The van der Waals surface area contributed by atoms with Crippen LogP contribution in [0.2, 0.25) is 0 Å². The average Bonchev–Trinajstić information content (AvgIpc) is 3.02. The van der Waals surface area contributed by atoms with E-state index < -0.39 is 0 Å². The Morgan fingerprint density at radius 1 is 0.520 bits per heavy atom. The number of hydrogen-bond acceptors (Lipinski definition) is 1. The van der Waals surface area contributed by atoms with Crippen molar-refractivity contribution in [1.29, 1.82) is 0 Å². The minimum absolute atomic E-state index is 0.312. The normalized spacial score (nSPS) is 31.4. The van der Waals surface area contributed by atoms with Crippen LogP contribution in [0.4, 0.5) is 0 Å². The lowest BCUT2D eigenvalue weighted by molar-refractivity contribution is -0.126. The number of amides is 1. The standard InChI is InChI=1S/C23H41NO/c25-23(21-13-7-3-4-8-14-21)24-22-17-9-15-20(16-10-18-22)19-11-5-1-2-6-12-19/h19-22H,1-18H2,(H,24,25). The third-order valence-corrected chi connectivity index (χ3v) is 7.39. The van der Waals surface area contributed by atoms with Crippen molar-refractivity contribution in [1.82, 2.24) is 5.32 Å². The summed E-state index contributed by atoms with van der Waals surface area (Å²) in [6.07, 6.45) is 24.2. The van der Waals surface area contributed by atoms with Gasteiger partial charge < -0.3 is 5.32 Å². The zero-order chi connectivity index (χ0) is 17.3. The Labute approximate surface area is 155 Å². The summed E-state index contributed by atoms with van der Waals surface area (Å²) in [4.78, 5) is 12.7. The van der Waals surface area contributed by atoms with E-state index in [0.717, 1.165) is 24.7 Å². The highest BCUT2D eigenvalue weighted by atomic mass is 16.1. The molecule has 0 heterocycles. The van der Waals surface area contributed by atoms with E-state index in [2.05, 4.69) is 5.32 Å². The summed E-state index contributed by atoms with van der Waals surface area (Å²) in [7, 11) is 0. The van der Waals surface area contributed by atoms with Crippen LogP contribution >= 0.6 is 0 Å². The van der Waals surface area contributed by atoms with Crippen LogP contribution in [0.15, 0.2) is 0 Å². The number of carbonyl (C=O) groups excluding carboxylic acids is 1. The summed E-state index contributed by atoms with van der Waals surface area (Å²) in [5.74, 6) is 2.69. The van der Waals surface area contributed by atoms with E-state index in [0.29, 0.717) is 17.9 Å². The van der Waals surface area contributed by atoms with Crippen LogP contribution in [0.1, 0.15) is 116 Å². The second-order valence-corrected chi connectivity index (χ2v) is 9.27. The summed E-state index contributed by atoms with van der Waals surface area (Å²) >= 11 is 0. The molecule has 3 fully saturated rings. The molecule has 3 rings (SSSR count). The van der Waals surface area contributed by atoms with E-state index in [-0.39, 0.29) is 0 Å². The molecule has 25 heavy (non-hydrogen) atoms. The minimum atomic E-state index is 0.312. The van der Waals surface area contributed by atoms with Gasteiger partial charge in [0.25, 0.3) is 0 Å². The van der Waals surface area contributed by atoms with Gasteiger partial charge in [-0.2, -0.15) is 0 Å². The molecule has 0 unspecified atom stereocenters. The predicted octanol–water partition coefficient (Wildman–Crippen LogP) is 6.38. The first-order chi connectivity index (χ1) is 12.3. The van der Waals surface area contributed by atoms with Crippen molar-refractivity contribution < 1.29 is 4.79 Å². The van der Waals surface area contributed by atoms with Gasteiger partial charge in [-0.05, 0) is 37.5 Å². The fourth-order valence-electron chi connectivity index (χ4n) is 5.80. The second-order valence-electron chi connectivity index (χ2n) is 9.27. The molecule has 2 nitrogen and oxygen atoms in total. The largest absolute Gasteiger partial charge is 0.353 e. The molecule has 0 aromatic rings. The van der Waals surface area contributed by atoms with Gasteiger partial charge >= 0.3 is 0 Å². The van der Waals surface area contributed by atoms with Gasteiger partial charge in [-0.3, -0.25) is 4.79 Å². The summed E-state index contributed by atoms with van der Waals surface area (Å²) in [6.45, 7) is 0. The zero-order valence-electron chi connectivity index (χ0n) is 16.4. The molecule has 144 valence electrons. The first kappa shape index (κ1) is 19.2. The van der Waals surface area contributed by atoms with Crippen LogP contribution < -0.4 is 5.32 Å². The summed E-state index contributed by atoms with van der Waals surface area (Å²) in [5.41, 5.74) is 0. The maximum Gasteiger partial charge on any atom is 0.223 e. The topological polar surface area (TPSA) is 29.1 Å². The van der Waals surface area contributed by atoms with E-state index >= 15 is 0 Å². The third-order valence-electron chi connectivity index (χ3n) is 7.39. The molecule has 3 saturated carbocycles. The molecule has 0 bridgehead atoms. The molecule has 0 spiro atoms. The highest BCUT2D eigenvalue weighted by Crippen LogP contribution is 2.36. The molecule has 1 amide bonds. The molecular formula is C23H41NO. The average molecular weight is 348 g/mol. The molecule has 0 aromatic heterocycles. The Morgan fingerprint density at radius 3 is 1.48 bits per heavy atom. The van der Waals surface area contributed by atoms with Crippen LogP contribution in [-0.4, -0.2) is 11.9 Å². The highest BCUT2D eigenvalue weighted by molar-refractivity contribution is 5.78. The van der Waals surface area contributed by atoms with Crippen molar-refractivity contribution in [3.05, 3.63) is 0 Å². The molecule has 0 atom stereocenters. The van der Waals surface area contributed by atoms with Crippen molar-refractivity contribution in [2.75, 3.05) is 0 Å². The van der Waals surface area contributed by atoms with Crippen LogP contribution in [0.25, 0.3) is 0 Å². The lowest BCUT2D eigenvalue weighted by atomic mass is 9.77. The van der Waals surface area contributed by atoms with E-state index in [1.165, 1.54) is 103 Å². The third kappa shape index (κ3) is 6.29. The van der Waals surface area contributed by atoms with Crippen LogP contribution in [0, 0.1) is 17.8 Å². The summed E-state index contributed by atoms with van der Waals surface area (Å²) in [6, 6.07) is 0.464. The van der Waals surface area contributed by atoms with Gasteiger partial charge in [-0.1, -0.05) is 89.9 Å². The van der Waals surface area contributed by atoms with Gasteiger partial charge in [0.2, 0.25) is 5.91 Å². The SMILES string of the molecule is O=C(NC1CCCC(C2CCCCCC2)CCC1)C1CCCCCC1. The molecule has 2 heteroatoms. The Balaban J connectivity index is 1.42. The van der Waals surface area contributed by atoms with Gasteiger partial charge in [-0.25, -0.2) is 0 Å². The predicted molar refractivity (Wildman–Crippen MR) is 106 cm³/mol. The Bertz CT molecular complexity index is 368. The maximum atomic E-state index is 12.7. The molecule has 0 aliphatic heterocycles. The molecule has 3 aliphatic carbocycles. The molecule has 0 radical (unpaired) electrons.